The van der Waals surface area contributed by atoms with Gasteiger partial charge in [-0.2, -0.15) is 0 Å². The first-order valence-corrected chi connectivity index (χ1v) is 7.61. The zero-order chi connectivity index (χ0) is 14.8. The van der Waals surface area contributed by atoms with Crippen LogP contribution < -0.4 is 0 Å². The fourth-order valence-electron chi connectivity index (χ4n) is 2.29. The number of methoxy groups -OCH3 is 1. The highest BCUT2D eigenvalue weighted by atomic mass is 79.9. The smallest absolute Gasteiger partial charge is 0.338 e. The highest BCUT2D eigenvalue weighted by Crippen LogP contribution is 2.31. The molecule has 0 N–H and O–H groups in total. The molecule has 0 saturated heterocycles. The van der Waals surface area contributed by atoms with E-state index in [1.807, 2.05) is 30.3 Å². The fraction of sp³-hybridized carbons (Fsp3) is 0.118. The van der Waals surface area contributed by atoms with Gasteiger partial charge < -0.3 is 9.15 Å². The van der Waals surface area contributed by atoms with E-state index in [4.69, 9.17) is 9.15 Å². The number of furan rings is 1. The predicted octanol–water partition coefficient (Wildman–Crippen LogP) is 4.78. The maximum Gasteiger partial charge on any atom is 0.338 e. The number of carbonyl (C=O) groups is 1. The molecule has 1 heterocycles. The van der Waals surface area contributed by atoms with E-state index in [1.54, 1.807) is 12.1 Å². The van der Waals surface area contributed by atoms with Gasteiger partial charge in [0.15, 0.2) is 0 Å². The summed E-state index contributed by atoms with van der Waals surface area (Å²) in [4.78, 5) is 11.9. The Hall–Kier alpha value is -2.07. The molecule has 0 amide bonds. The van der Waals surface area contributed by atoms with Crippen molar-refractivity contribution in [2.45, 2.75) is 5.33 Å². The molecule has 0 aliphatic rings. The number of halogens is 1. The lowest BCUT2D eigenvalue weighted by molar-refractivity contribution is 0.0601. The number of ether oxygens (including phenoxy) is 1. The van der Waals surface area contributed by atoms with E-state index in [9.17, 15) is 4.79 Å². The highest BCUT2D eigenvalue weighted by Gasteiger charge is 2.15. The first kappa shape index (κ1) is 13.9. The van der Waals surface area contributed by atoms with Crippen molar-refractivity contribution in [2.75, 3.05) is 7.11 Å². The number of esters is 1. The number of fused-ring (bicyclic) bond motifs is 1. The minimum Gasteiger partial charge on any atom is -0.465 e. The van der Waals surface area contributed by atoms with Gasteiger partial charge in [0.05, 0.1) is 12.7 Å². The van der Waals surface area contributed by atoms with Crippen LogP contribution in [0.3, 0.4) is 0 Å². The average molecular weight is 345 g/mol. The zero-order valence-corrected chi connectivity index (χ0v) is 13.0. The van der Waals surface area contributed by atoms with Crippen LogP contribution in [-0.2, 0) is 10.1 Å². The quantitative estimate of drug-likeness (QED) is 0.507. The maximum atomic E-state index is 11.9. The number of rotatable bonds is 3. The van der Waals surface area contributed by atoms with Crippen LogP contribution in [0.25, 0.3) is 22.3 Å². The van der Waals surface area contributed by atoms with Gasteiger partial charge in [0.25, 0.3) is 0 Å². The van der Waals surface area contributed by atoms with Crippen LogP contribution in [0.1, 0.15) is 15.9 Å². The van der Waals surface area contributed by atoms with E-state index in [-0.39, 0.29) is 5.97 Å². The molecule has 0 aliphatic heterocycles. The monoisotopic (exact) mass is 344 g/mol. The van der Waals surface area contributed by atoms with Gasteiger partial charge in [0.2, 0.25) is 0 Å². The third kappa shape index (κ3) is 2.59. The Morgan fingerprint density at radius 2 is 2.00 bits per heavy atom. The first-order chi connectivity index (χ1) is 10.2. The lowest BCUT2D eigenvalue weighted by Gasteiger charge is -2.04. The van der Waals surface area contributed by atoms with E-state index in [0.29, 0.717) is 11.3 Å². The molecule has 3 nitrogen and oxygen atoms in total. The standard InChI is InChI=1S/C17H13BrO3/c1-20-17(19)14-5-3-2-4-13(14)16-9-12-8-11(10-18)6-7-15(12)21-16/h2-9H,10H2,1H3. The minimum atomic E-state index is -0.368. The Morgan fingerprint density at radius 1 is 1.19 bits per heavy atom. The second-order valence-corrected chi connectivity index (χ2v) is 5.21. The Morgan fingerprint density at radius 3 is 2.76 bits per heavy atom. The summed E-state index contributed by atoms with van der Waals surface area (Å²) < 4.78 is 10.7. The number of alkyl halides is 1. The van der Waals surface area contributed by atoms with Crippen LogP contribution >= 0.6 is 15.9 Å². The van der Waals surface area contributed by atoms with Crippen molar-refractivity contribution in [2.24, 2.45) is 0 Å². The van der Waals surface area contributed by atoms with Crippen molar-refractivity contribution in [3.05, 3.63) is 59.7 Å². The summed E-state index contributed by atoms with van der Waals surface area (Å²) in [6, 6.07) is 15.2. The SMILES string of the molecule is COC(=O)c1ccccc1-c1cc2cc(CBr)ccc2o1. The average Bonchev–Trinajstić information content (AvgIpc) is 2.96. The summed E-state index contributed by atoms with van der Waals surface area (Å²) in [5, 5.41) is 1.81. The third-order valence-corrected chi connectivity index (χ3v) is 3.98. The summed E-state index contributed by atoms with van der Waals surface area (Å²) >= 11 is 3.44. The Balaban J connectivity index is 2.14. The third-order valence-electron chi connectivity index (χ3n) is 3.33. The fourth-order valence-corrected chi connectivity index (χ4v) is 2.64. The minimum absolute atomic E-state index is 0.368. The summed E-state index contributed by atoms with van der Waals surface area (Å²) in [7, 11) is 1.38. The Bertz CT molecular complexity index is 805. The van der Waals surface area contributed by atoms with Crippen LogP contribution in [0.4, 0.5) is 0 Å². The van der Waals surface area contributed by atoms with Gasteiger partial charge in [0.1, 0.15) is 11.3 Å². The normalized spacial score (nSPS) is 10.8. The van der Waals surface area contributed by atoms with Gasteiger partial charge in [-0.1, -0.05) is 40.2 Å². The van der Waals surface area contributed by atoms with Crippen molar-refractivity contribution < 1.29 is 13.9 Å². The van der Waals surface area contributed by atoms with Crippen LogP contribution in [-0.4, -0.2) is 13.1 Å². The van der Waals surface area contributed by atoms with Crippen molar-refractivity contribution in [1.29, 1.82) is 0 Å². The molecule has 106 valence electrons. The van der Waals surface area contributed by atoms with Gasteiger partial charge in [-0.3, -0.25) is 0 Å². The molecular weight excluding hydrogens is 332 g/mol. The predicted molar refractivity (Wildman–Crippen MR) is 85.6 cm³/mol. The molecule has 0 bridgehead atoms. The number of carbonyl (C=O) groups excluding carboxylic acids is 1. The summed E-state index contributed by atoms with van der Waals surface area (Å²) in [6.45, 7) is 0. The molecule has 0 spiro atoms. The van der Waals surface area contributed by atoms with Gasteiger partial charge in [-0.05, 0) is 29.8 Å². The van der Waals surface area contributed by atoms with Crippen LogP contribution in [0.5, 0.6) is 0 Å². The van der Waals surface area contributed by atoms with E-state index >= 15 is 0 Å². The van der Waals surface area contributed by atoms with Crippen molar-refractivity contribution in [3.63, 3.8) is 0 Å². The number of hydrogen-bond donors (Lipinski definition) is 0. The molecule has 21 heavy (non-hydrogen) atoms. The van der Waals surface area contributed by atoms with E-state index in [0.717, 1.165) is 21.9 Å². The lowest BCUT2D eigenvalue weighted by Crippen LogP contribution is -2.02. The molecule has 2 aromatic carbocycles. The molecular formula is C17H13BrO3. The van der Waals surface area contributed by atoms with Crippen molar-refractivity contribution in [1.82, 2.24) is 0 Å². The topological polar surface area (TPSA) is 39.4 Å². The summed E-state index contributed by atoms with van der Waals surface area (Å²) in [6.07, 6.45) is 0. The van der Waals surface area contributed by atoms with Crippen LogP contribution in [0.2, 0.25) is 0 Å². The van der Waals surface area contributed by atoms with E-state index in [1.165, 1.54) is 12.7 Å². The summed E-state index contributed by atoms with van der Waals surface area (Å²) in [5.41, 5.74) is 3.21. The maximum absolute atomic E-state index is 11.9. The van der Waals surface area contributed by atoms with Crippen LogP contribution in [0, 0.1) is 0 Å². The Kier molecular flexibility index (Phi) is 3.80. The Labute approximate surface area is 130 Å². The van der Waals surface area contributed by atoms with Crippen molar-refractivity contribution >= 4 is 32.9 Å². The first-order valence-electron chi connectivity index (χ1n) is 6.49. The second-order valence-electron chi connectivity index (χ2n) is 4.65. The molecule has 0 saturated carbocycles. The molecule has 3 aromatic rings. The van der Waals surface area contributed by atoms with E-state index in [2.05, 4.69) is 22.0 Å². The molecule has 0 radical (unpaired) electrons. The summed E-state index contributed by atoms with van der Waals surface area (Å²) in [5.74, 6) is 0.296. The van der Waals surface area contributed by atoms with Gasteiger partial charge in [0, 0.05) is 16.3 Å². The largest absolute Gasteiger partial charge is 0.465 e. The molecule has 4 heteroatoms. The lowest BCUT2D eigenvalue weighted by atomic mass is 10.0. The van der Waals surface area contributed by atoms with Gasteiger partial charge in [-0.15, -0.1) is 0 Å². The number of benzene rings is 2. The molecule has 0 aliphatic carbocycles. The van der Waals surface area contributed by atoms with Gasteiger partial charge in [-0.25, -0.2) is 4.79 Å². The van der Waals surface area contributed by atoms with Crippen molar-refractivity contribution in [3.8, 4) is 11.3 Å². The van der Waals surface area contributed by atoms with Crippen LogP contribution in [0.15, 0.2) is 52.9 Å². The molecule has 0 fully saturated rings. The molecule has 0 unspecified atom stereocenters. The number of hydrogen-bond acceptors (Lipinski definition) is 3. The van der Waals surface area contributed by atoms with E-state index < -0.39 is 0 Å². The van der Waals surface area contributed by atoms with Gasteiger partial charge >= 0.3 is 5.97 Å². The zero-order valence-electron chi connectivity index (χ0n) is 11.4. The highest BCUT2D eigenvalue weighted by molar-refractivity contribution is 9.08. The molecule has 0 atom stereocenters. The molecule has 1 aromatic heterocycles. The second kappa shape index (κ2) is 5.74. The molecule has 3 rings (SSSR count).